The number of carbonyl (C=O) groups excluding carboxylic acids is 2. The standard InChI is InChI=1S/C26H34N4O6/c1-5-16(2)25(31)29-22-21-11-17(27-13-18-8-9-20(36-18)15-33-3)12-28-24(21)30(23(22)26(32)34-4)14-19-7-6-10-35-19/h8-9,11-12,16,19,27H,5-7,10,13-15H2,1-4H3,(H,29,31). The van der Waals surface area contributed by atoms with Crippen molar-refractivity contribution in [3.8, 4) is 0 Å². The van der Waals surface area contributed by atoms with Crippen LogP contribution in [0.2, 0.25) is 0 Å². The number of anilines is 2. The van der Waals surface area contributed by atoms with Crippen molar-refractivity contribution in [3.05, 3.63) is 41.6 Å². The van der Waals surface area contributed by atoms with Gasteiger partial charge in [0.15, 0.2) is 5.69 Å². The first-order chi connectivity index (χ1) is 17.4. The van der Waals surface area contributed by atoms with Crippen molar-refractivity contribution >= 4 is 34.3 Å². The second kappa shape index (κ2) is 11.6. The Kier molecular flexibility index (Phi) is 8.27. The lowest BCUT2D eigenvalue weighted by atomic mass is 10.1. The molecule has 0 spiro atoms. The van der Waals surface area contributed by atoms with E-state index >= 15 is 0 Å². The molecule has 10 nitrogen and oxygen atoms in total. The van der Waals surface area contributed by atoms with Gasteiger partial charge >= 0.3 is 5.97 Å². The van der Waals surface area contributed by atoms with E-state index in [2.05, 4.69) is 15.6 Å². The van der Waals surface area contributed by atoms with E-state index in [0.29, 0.717) is 49.4 Å². The van der Waals surface area contributed by atoms with Crippen LogP contribution in [0, 0.1) is 5.92 Å². The van der Waals surface area contributed by atoms with Gasteiger partial charge in [0.1, 0.15) is 23.8 Å². The molecule has 4 heterocycles. The van der Waals surface area contributed by atoms with Gasteiger partial charge in [-0.05, 0) is 37.5 Å². The Bertz CT molecular complexity index is 1210. The predicted molar refractivity (Wildman–Crippen MR) is 135 cm³/mol. The number of nitrogens with zero attached hydrogens (tertiary/aromatic N) is 2. The van der Waals surface area contributed by atoms with E-state index in [4.69, 9.17) is 18.6 Å². The number of aromatic nitrogens is 2. The third-order valence-corrected chi connectivity index (χ3v) is 6.47. The molecule has 0 aliphatic carbocycles. The Hall–Kier alpha value is -3.37. The highest BCUT2D eigenvalue weighted by Gasteiger charge is 2.29. The summed E-state index contributed by atoms with van der Waals surface area (Å²) in [6, 6.07) is 5.64. The van der Waals surface area contributed by atoms with Gasteiger partial charge in [-0.1, -0.05) is 13.8 Å². The molecule has 1 amide bonds. The summed E-state index contributed by atoms with van der Waals surface area (Å²) in [6.45, 7) is 5.77. The van der Waals surface area contributed by atoms with Crippen LogP contribution in [0.1, 0.15) is 55.1 Å². The number of fused-ring (bicyclic) bond motifs is 1. The van der Waals surface area contributed by atoms with Gasteiger partial charge in [0.25, 0.3) is 0 Å². The van der Waals surface area contributed by atoms with E-state index in [1.54, 1.807) is 17.9 Å². The summed E-state index contributed by atoms with van der Waals surface area (Å²) < 4.78 is 23.6. The SMILES string of the molecule is CCC(C)C(=O)Nc1c(C(=O)OC)n(CC2CCCO2)c2ncc(NCc3ccc(COC)o3)cc12. The molecule has 1 aliphatic rings. The van der Waals surface area contributed by atoms with Crippen molar-refractivity contribution in [2.75, 3.05) is 31.5 Å². The van der Waals surface area contributed by atoms with E-state index in [1.807, 2.05) is 32.0 Å². The number of rotatable bonds is 11. The van der Waals surface area contributed by atoms with Crippen molar-refractivity contribution in [2.45, 2.75) is 58.9 Å². The number of esters is 1. The normalized spacial score (nSPS) is 16.3. The van der Waals surface area contributed by atoms with E-state index in [1.165, 1.54) is 7.11 Å². The van der Waals surface area contributed by atoms with Crippen molar-refractivity contribution in [1.82, 2.24) is 9.55 Å². The van der Waals surface area contributed by atoms with Gasteiger partial charge in [0.2, 0.25) is 5.91 Å². The molecular weight excluding hydrogens is 464 g/mol. The maximum atomic E-state index is 13.0. The van der Waals surface area contributed by atoms with Gasteiger partial charge < -0.3 is 33.8 Å². The number of pyridine rings is 1. The summed E-state index contributed by atoms with van der Waals surface area (Å²) in [5.41, 5.74) is 1.96. The fraction of sp³-hybridized carbons (Fsp3) is 0.500. The second-order valence-corrected chi connectivity index (χ2v) is 9.01. The topological polar surface area (TPSA) is 117 Å². The number of amides is 1. The first kappa shape index (κ1) is 25.7. The molecule has 36 heavy (non-hydrogen) atoms. The average molecular weight is 499 g/mol. The van der Waals surface area contributed by atoms with Gasteiger partial charge in [-0.15, -0.1) is 0 Å². The molecule has 0 radical (unpaired) electrons. The number of nitrogens with one attached hydrogen (secondary N) is 2. The first-order valence-corrected chi connectivity index (χ1v) is 12.3. The summed E-state index contributed by atoms with van der Waals surface area (Å²) in [5.74, 6) is 0.562. The zero-order valence-electron chi connectivity index (χ0n) is 21.3. The Morgan fingerprint density at radius 1 is 1.28 bits per heavy atom. The smallest absolute Gasteiger partial charge is 0.356 e. The van der Waals surface area contributed by atoms with Crippen LogP contribution in [0.5, 0.6) is 0 Å². The van der Waals surface area contributed by atoms with Crippen molar-refractivity contribution in [2.24, 2.45) is 5.92 Å². The maximum absolute atomic E-state index is 13.0. The zero-order valence-corrected chi connectivity index (χ0v) is 21.3. The summed E-state index contributed by atoms with van der Waals surface area (Å²) >= 11 is 0. The van der Waals surface area contributed by atoms with Gasteiger partial charge in [-0.3, -0.25) is 4.79 Å². The van der Waals surface area contributed by atoms with Crippen LogP contribution >= 0.6 is 0 Å². The highest BCUT2D eigenvalue weighted by Crippen LogP contribution is 2.34. The van der Waals surface area contributed by atoms with E-state index in [0.717, 1.165) is 30.0 Å². The molecule has 2 atom stereocenters. The number of ether oxygens (including phenoxy) is 3. The quantitative estimate of drug-likeness (QED) is 0.375. The second-order valence-electron chi connectivity index (χ2n) is 9.01. The van der Waals surface area contributed by atoms with Gasteiger partial charge in [-0.25, -0.2) is 9.78 Å². The van der Waals surface area contributed by atoms with Crippen LogP contribution in [-0.4, -0.2) is 48.4 Å². The summed E-state index contributed by atoms with van der Waals surface area (Å²) in [7, 11) is 2.95. The summed E-state index contributed by atoms with van der Waals surface area (Å²) in [5, 5.41) is 6.94. The Labute approximate surface area is 210 Å². The monoisotopic (exact) mass is 498 g/mol. The van der Waals surface area contributed by atoms with Crippen LogP contribution in [0.3, 0.4) is 0 Å². The molecule has 1 aliphatic heterocycles. The Morgan fingerprint density at radius 3 is 2.78 bits per heavy atom. The van der Waals surface area contributed by atoms with E-state index < -0.39 is 5.97 Å². The molecule has 0 bridgehead atoms. The number of hydrogen-bond acceptors (Lipinski definition) is 8. The lowest BCUT2D eigenvalue weighted by Gasteiger charge is -2.15. The molecule has 194 valence electrons. The highest BCUT2D eigenvalue weighted by molar-refractivity contribution is 6.11. The van der Waals surface area contributed by atoms with E-state index in [-0.39, 0.29) is 23.6 Å². The first-order valence-electron chi connectivity index (χ1n) is 12.3. The lowest BCUT2D eigenvalue weighted by Crippen LogP contribution is -2.23. The van der Waals surface area contributed by atoms with E-state index in [9.17, 15) is 9.59 Å². The molecule has 2 N–H and O–H groups in total. The number of carbonyl (C=O) groups is 2. The van der Waals surface area contributed by atoms with Crippen molar-refractivity contribution < 1.29 is 28.2 Å². The fourth-order valence-corrected chi connectivity index (χ4v) is 4.29. The molecule has 3 aromatic heterocycles. The van der Waals surface area contributed by atoms with Gasteiger partial charge in [0, 0.05) is 25.0 Å². The van der Waals surface area contributed by atoms with Crippen LogP contribution in [0.25, 0.3) is 11.0 Å². The minimum absolute atomic E-state index is 0.0398. The fourth-order valence-electron chi connectivity index (χ4n) is 4.29. The minimum atomic E-state index is -0.541. The van der Waals surface area contributed by atoms with Crippen LogP contribution in [-0.2, 0) is 38.7 Å². The summed E-state index contributed by atoms with van der Waals surface area (Å²) in [6.07, 6.45) is 4.20. The molecule has 1 fully saturated rings. The van der Waals surface area contributed by atoms with Crippen molar-refractivity contribution in [1.29, 1.82) is 0 Å². The minimum Gasteiger partial charge on any atom is -0.464 e. The summed E-state index contributed by atoms with van der Waals surface area (Å²) in [4.78, 5) is 30.5. The molecule has 2 unspecified atom stereocenters. The Morgan fingerprint density at radius 2 is 2.08 bits per heavy atom. The molecule has 10 heteroatoms. The number of furan rings is 1. The molecule has 3 aromatic rings. The lowest BCUT2D eigenvalue weighted by molar-refractivity contribution is -0.119. The van der Waals surface area contributed by atoms with Gasteiger partial charge in [-0.2, -0.15) is 0 Å². The molecule has 0 aromatic carbocycles. The maximum Gasteiger partial charge on any atom is 0.356 e. The average Bonchev–Trinajstić information content (AvgIpc) is 3.63. The predicted octanol–water partition coefficient (Wildman–Crippen LogP) is 4.34. The third kappa shape index (κ3) is 5.55. The molecule has 4 rings (SSSR count). The molecule has 0 saturated carbocycles. The van der Waals surface area contributed by atoms with Gasteiger partial charge in [0.05, 0.1) is 43.9 Å². The Balaban J connectivity index is 1.72. The third-order valence-electron chi connectivity index (χ3n) is 6.47. The van der Waals surface area contributed by atoms with Crippen LogP contribution < -0.4 is 10.6 Å². The zero-order chi connectivity index (χ0) is 25.7. The highest BCUT2D eigenvalue weighted by atomic mass is 16.5. The number of methoxy groups -OCH3 is 2. The largest absolute Gasteiger partial charge is 0.464 e. The van der Waals surface area contributed by atoms with Crippen molar-refractivity contribution in [3.63, 3.8) is 0 Å². The molecular formula is C26H34N4O6. The molecule has 1 saturated heterocycles. The van der Waals surface area contributed by atoms with Crippen LogP contribution in [0.4, 0.5) is 11.4 Å². The number of hydrogen-bond donors (Lipinski definition) is 2. The van der Waals surface area contributed by atoms with Crippen LogP contribution in [0.15, 0.2) is 28.8 Å².